The molecule has 1 saturated heterocycles. The lowest BCUT2D eigenvalue weighted by molar-refractivity contribution is -0.118. The number of aromatic hydroxyl groups is 1. The first-order valence-electron chi connectivity index (χ1n) is 4.18. The standard InChI is InChI=1S/C9H9BrN2O2/c10-6-3-1-2-5(8(6)14)9-11-4-7(13)12-9/h1-3,9,11,14H,4H2,(H,12,13). The fourth-order valence-electron chi connectivity index (χ4n) is 1.41. The Labute approximate surface area is 89.4 Å². The molecule has 1 aromatic carbocycles. The zero-order valence-electron chi connectivity index (χ0n) is 7.25. The molecule has 1 fully saturated rings. The molecule has 0 saturated carbocycles. The Hall–Kier alpha value is -1.07. The zero-order chi connectivity index (χ0) is 10.1. The van der Waals surface area contributed by atoms with E-state index in [1.54, 1.807) is 12.1 Å². The number of amides is 1. The first-order chi connectivity index (χ1) is 6.68. The largest absolute Gasteiger partial charge is 0.506 e. The monoisotopic (exact) mass is 256 g/mol. The summed E-state index contributed by atoms with van der Waals surface area (Å²) in [6.45, 7) is 0.288. The van der Waals surface area contributed by atoms with Crippen LogP contribution in [0.15, 0.2) is 22.7 Å². The molecule has 0 radical (unpaired) electrons. The van der Waals surface area contributed by atoms with E-state index in [0.29, 0.717) is 10.0 Å². The molecule has 1 aliphatic heterocycles. The van der Waals surface area contributed by atoms with Crippen LogP contribution in [0.2, 0.25) is 0 Å². The van der Waals surface area contributed by atoms with E-state index in [1.165, 1.54) is 0 Å². The zero-order valence-corrected chi connectivity index (χ0v) is 8.84. The first-order valence-corrected chi connectivity index (χ1v) is 4.98. The van der Waals surface area contributed by atoms with Gasteiger partial charge in [0, 0.05) is 5.56 Å². The van der Waals surface area contributed by atoms with Crippen LogP contribution < -0.4 is 10.6 Å². The van der Waals surface area contributed by atoms with Crippen molar-refractivity contribution in [2.24, 2.45) is 0 Å². The summed E-state index contributed by atoms with van der Waals surface area (Å²) in [6.07, 6.45) is -0.292. The predicted molar refractivity (Wildman–Crippen MR) is 54.7 cm³/mol. The molecule has 74 valence electrons. The summed E-state index contributed by atoms with van der Waals surface area (Å²) in [6, 6.07) is 5.32. The van der Waals surface area contributed by atoms with Crippen LogP contribution in [0.3, 0.4) is 0 Å². The van der Waals surface area contributed by atoms with E-state index in [2.05, 4.69) is 26.6 Å². The summed E-state index contributed by atoms with van der Waals surface area (Å²) in [5.74, 6) is 0.0987. The number of para-hydroxylation sites is 1. The highest BCUT2D eigenvalue weighted by Crippen LogP contribution is 2.31. The van der Waals surface area contributed by atoms with Gasteiger partial charge >= 0.3 is 0 Å². The molecule has 0 aromatic heterocycles. The number of nitrogens with one attached hydrogen (secondary N) is 2. The molecule has 1 amide bonds. The molecule has 4 nitrogen and oxygen atoms in total. The molecule has 3 N–H and O–H groups in total. The Morgan fingerprint density at radius 3 is 2.93 bits per heavy atom. The normalized spacial score (nSPS) is 20.9. The van der Waals surface area contributed by atoms with Gasteiger partial charge in [-0.25, -0.2) is 0 Å². The molecule has 5 heteroatoms. The number of halogens is 1. The summed E-state index contributed by atoms with van der Waals surface area (Å²) in [5, 5.41) is 15.4. The van der Waals surface area contributed by atoms with Crippen LogP contribution in [0, 0.1) is 0 Å². The van der Waals surface area contributed by atoms with E-state index < -0.39 is 0 Å². The minimum Gasteiger partial charge on any atom is -0.506 e. The Morgan fingerprint density at radius 1 is 1.50 bits per heavy atom. The quantitative estimate of drug-likeness (QED) is 0.699. The van der Waals surface area contributed by atoms with Crippen LogP contribution in [0.4, 0.5) is 0 Å². The summed E-state index contributed by atoms with van der Waals surface area (Å²) in [4.78, 5) is 11.0. The third-order valence-corrected chi connectivity index (χ3v) is 2.74. The van der Waals surface area contributed by atoms with Crippen molar-refractivity contribution in [3.8, 4) is 5.75 Å². The summed E-state index contributed by atoms with van der Waals surface area (Å²) in [7, 11) is 0. The number of hydrogen-bond donors (Lipinski definition) is 3. The lowest BCUT2D eigenvalue weighted by Crippen LogP contribution is -2.22. The van der Waals surface area contributed by atoms with Crippen LogP contribution >= 0.6 is 15.9 Å². The van der Waals surface area contributed by atoms with Gasteiger partial charge in [-0.3, -0.25) is 10.1 Å². The lowest BCUT2D eigenvalue weighted by Gasteiger charge is -2.13. The van der Waals surface area contributed by atoms with Crippen LogP contribution in [-0.4, -0.2) is 17.6 Å². The van der Waals surface area contributed by atoms with Crippen LogP contribution in [0.5, 0.6) is 5.75 Å². The highest BCUT2D eigenvalue weighted by molar-refractivity contribution is 9.10. The Balaban J connectivity index is 2.32. The van der Waals surface area contributed by atoms with E-state index in [1.807, 2.05) is 6.07 Å². The number of phenolic OH excluding ortho intramolecular Hbond substituents is 1. The molecule has 0 aliphatic carbocycles. The smallest absolute Gasteiger partial charge is 0.235 e. The van der Waals surface area contributed by atoms with Crippen LogP contribution in [0.25, 0.3) is 0 Å². The van der Waals surface area contributed by atoms with Crippen molar-refractivity contribution in [1.29, 1.82) is 0 Å². The highest BCUT2D eigenvalue weighted by atomic mass is 79.9. The van der Waals surface area contributed by atoms with E-state index in [-0.39, 0.29) is 24.4 Å². The predicted octanol–water partition coefficient (Wildman–Crippen LogP) is 0.873. The van der Waals surface area contributed by atoms with Gasteiger partial charge in [-0.2, -0.15) is 0 Å². The van der Waals surface area contributed by atoms with Gasteiger partial charge in [-0.1, -0.05) is 12.1 Å². The van der Waals surface area contributed by atoms with E-state index in [4.69, 9.17) is 0 Å². The van der Waals surface area contributed by atoms with Gasteiger partial charge < -0.3 is 10.4 Å². The van der Waals surface area contributed by atoms with Gasteiger partial charge in [-0.15, -0.1) is 0 Å². The molecule has 1 aliphatic rings. The van der Waals surface area contributed by atoms with Crippen LogP contribution in [-0.2, 0) is 4.79 Å². The van der Waals surface area contributed by atoms with Gasteiger partial charge in [-0.05, 0) is 22.0 Å². The highest BCUT2D eigenvalue weighted by Gasteiger charge is 2.24. The van der Waals surface area contributed by atoms with Crippen molar-refractivity contribution < 1.29 is 9.90 Å². The SMILES string of the molecule is O=C1CNC(c2cccc(Br)c2O)N1. The topological polar surface area (TPSA) is 61.4 Å². The molecule has 0 bridgehead atoms. The molecule has 1 unspecified atom stereocenters. The minimum atomic E-state index is -0.292. The number of benzene rings is 1. The van der Waals surface area contributed by atoms with Gasteiger partial charge in [0.2, 0.25) is 5.91 Å². The van der Waals surface area contributed by atoms with E-state index >= 15 is 0 Å². The van der Waals surface area contributed by atoms with Crippen molar-refractivity contribution in [2.45, 2.75) is 6.17 Å². The summed E-state index contributed by atoms with van der Waals surface area (Å²) in [5.41, 5.74) is 0.672. The van der Waals surface area contributed by atoms with Gasteiger partial charge in [0.1, 0.15) is 11.9 Å². The van der Waals surface area contributed by atoms with Crippen molar-refractivity contribution in [3.63, 3.8) is 0 Å². The van der Waals surface area contributed by atoms with Crippen molar-refractivity contribution in [3.05, 3.63) is 28.2 Å². The van der Waals surface area contributed by atoms with E-state index in [9.17, 15) is 9.90 Å². The molecule has 0 spiro atoms. The molecule has 1 aromatic rings. The number of carbonyl (C=O) groups is 1. The van der Waals surface area contributed by atoms with Crippen molar-refractivity contribution >= 4 is 21.8 Å². The van der Waals surface area contributed by atoms with Crippen LogP contribution in [0.1, 0.15) is 11.7 Å². The molecular weight excluding hydrogens is 248 g/mol. The average molecular weight is 257 g/mol. The fourth-order valence-corrected chi connectivity index (χ4v) is 1.79. The average Bonchev–Trinajstić information content (AvgIpc) is 2.57. The van der Waals surface area contributed by atoms with Crippen molar-refractivity contribution in [1.82, 2.24) is 10.6 Å². The molecule has 1 heterocycles. The van der Waals surface area contributed by atoms with Gasteiger partial charge in [0.25, 0.3) is 0 Å². The second-order valence-corrected chi connectivity index (χ2v) is 3.91. The number of carbonyl (C=O) groups excluding carboxylic acids is 1. The maximum atomic E-state index is 11.0. The number of phenols is 1. The third kappa shape index (κ3) is 1.60. The molecular formula is C9H9BrN2O2. The Kier molecular flexibility index (Phi) is 2.43. The van der Waals surface area contributed by atoms with Gasteiger partial charge in [0.15, 0.2) is 0 Å². The molecule has 14 heavy (non-hydrogen) atoms. The fraction of sp³-hybridized carbons (Fsp3) is 0.222. The second-order valence-electron chi connectivity index (χ2n) is 3.06. The maximum absolute atomic E-state index is 11.0. The Morgan fingerprint density at radius 2 is 2.29 bits per heavy atom. The number of rotatable bonds is 1. The first kappa shape index (κ1) is 9.48. The minimum absolute atomic E-state index is 0.0608. The number of hydrogen-bond acceptors (Lipinski definition) is 3. The molecule has 2 rings (SSSR count). The lowest BCUT2D eigenvalue weighted by atomic mass is 10.1. The summed E-state index contributed by atoms with van der Waals surface area (Å²) >= 11 is 3.22. The molecule has 1 atom stereocenters. The van der Waals surface area contributed by atoms with E-state index in [0.717, 1.165) is 0 Å². The summed E-state index contributed by atoms with van der Waals surface area (Å²) < 4.78 is 0.623. The Bertz CT molecular complexity index is 381. The third-order valence-electron chi connectivity index (χ3n) is 2.10. The maximum Gasteiger partial charge on any atom is 0.235 e. The van der Waals surface area contributed by atoms with Gasteiger partial charge in [0.05, 0.1) is 11.0 Å². The second kappa shape index (κ2) is 3.59. The van der Waals surface area contributed by atoms with Crippen molar-refractivity contribution in [2.75, 3.05) is 6.54 Å².